The van der Waals surface area contributed by atoms with Gasteiger partial charge in [-0.25, -0.2) is 10.9 Å². The number of halogens is 3. The summed E-state index contributed by atoms with van der Waals surface area (Å²) in [6.45, 7) is 5.10. The zero-order valence-electron chi connectivity index (χ0n) is 21.1. The van der Waals surface area contributed by atoms with E-state index in [0.717, 1.165) is 58.3 Å². The number of fused-ring (bicyclic) bond motifs is 1. The molecule has 0 aromatic carbocycles. The maximum atomic E-state index is 14.2. The molecule has 3 aliphatic heterocycles. The fourth-order valence-corrected chi connectivity index (χ4v) is 7.67. The summed E-state index contributed by atoms with van der Waals surface area (Å²) in [6.07, 6.45) is 2.68. The van der Waals surface area contributed by atoms with E-state index < -0.39 is 23.9 Å². The molecule has 0 bridgehead atoms. The van der Waals surface area contributed by atoms with Crippen molar-refractivity contribution in [2.24, 2.45) is 29.6 Å². The molecule has 7 unspecified atom stereocenters. The van der Waals surface area contributed by atoms with E-state index >= 15 is 0 Å². The smallest absolute Gasteiger partial charge is 0.339 e. The third-order valence-corrected chi connectivity index (χ3v) is 9.73. The fraction of sp³-hybridized carbons (Fsp3) is 0.960. The van der Waals surface area contributed by atoms with Crippen LogP contribution in [-0.2, 0) is 4.79 Å². The van der Waals surface area contributed by atoms with Crippen LogP contribution in [0.4, 0.5) is 13.2 Å². The van der Waals surface area contributed by atoms with Crippen molar-refractivity contribution >= 4 is 5.91 Å². The Balaban J connectivity index is 1.25. The highest BCUT2D eigenvalue weighted by Crippen LogP contribution is 2.49. The van der Waals surface area contributed by atoms with Crippen LogP contribution in [0, 0.1) is 29.6 Å². The highest BCUT2D eigenvalue weighted by atomic mass is 19.4. The number of carbonyl (C=O) groups excluding carboxylic acids is 1. The summed E-state index contributed by atoms with van der Waals surface area (Å²) >= 11 is 0. The summed E-state index contributed by atoms with van der Waals surface area (Å²) < 4.78 is 42.5. The molecule has 3 heterocycles. The first-order valence-electron chi connectivity index (χ1n) is 13.7. The van der Waals surface area contributed by atoms with Crippen LogP contribution in [-0.4, -0.2) is 79.5 Å². The summed E-state index contributed by atoms with van der Waals surface area (Å²) in [4.78, 5) is 17.7. The number of alkyl halides is 3. The van der Waals surface area contributed by atoms with E-state index in [2.05, 4.69) is 40.4 Å². The number of amides is 1. The van der Waals surface area contributed by atoms with Gasteiger partial charge < -0.3 is 15.5 Å². The van der Waals surface area contributed by atoms with Crippen molar-refractivity contribution in [1.29, 1.82) is 0 Å². The third-order valence-electron chi connectivity index (χ3n) is 9.73. The third kappa shape index (κ3) is 5.51. The molecule has 0 spiro atoms. The quantitative estimate of drug-likeness (QED) is 0.449. The number of hydrogen-bond donors (Lipinski definition) is 4. The number of hydrogen-bond acceptors (Lipinski definition) is 6. The summed E-state index contributed by atoms with van der Waals surface area (Å²) in [5, 5.41) is 6.74. The Morgan fingerprint density at radius 1 is 1.14 bits per heavy atom. The Morgan fingerprint density at radius 3 is 2.66 bits per heavy atom. The van der Waals surface area contributed by atoms with Crippen molar-refractivity contribution in [2.45, 2.75) is 88.8 Å². The molecule has 5 aliphatic rings. The zero-order valence-corrected chi connectivity index (χ0v) is 21.1. The van der Waals surface area contributed by atoms with Crippen LogP contribution in [0.5, 0.6) is 0 Å². The van der Waals surface area contributed by atoms with Crippen LogP contribution in [0.1, 0.15) is 58.3 Å². The molecule has 9 atom stereocenters. The minimum Gasteiger partial charge on any atom is -0.339 e. The Labute approximate surface area is 207 Å². The number of likely N-dealkylation sites (tertiary alicyclic amines) is 1. The van der Waals surface area contributed by atoms with Crippen LogP contribution >= 0.6 is 0 Å². The molecule has 2 aliphatic carbocycles. The summed E-state index contributed by atoms with van der Waals surface area (Å²) in [7, 11) is 2.10. The summed E-state index contributed by atoms with van der Waals surface area (Å²) in [5.74, 6) is -1.50. The van der Waals surface area contributed by atoms with Gasteiger partial charge in [0, 0.05) is 37.1 Å². The molecule has 7 nitrogen and oxygen atoms in total. The van der Waals surface area contributed by atoms with E-state index in [0.29, 0.717) is 24.4 Å². The van der Waals surface area contributed by atoms with E-state index in [4.69, 9.17) is 0 Å². The van der Waals surface area contributed by atoms with Gasteiger partial charge in [0.1, 0.15) is 0 Å². The first-order valence-corrected chi connectivity index (χ1v) is 13.7. The fourth-order valence-electron chi connectivity index (χ4n) is 7.67. The number of nitrogens with one attached hydrogen (secondary N) is 4. The predicted octanol–water partition coefficient (Wildman–Crippen LogP) is 2.26. The molecule has 3 saturated heterocycles. The molecule has 35 heavy (non-hydrogen) atoms. The number of rotatable bonds is 6. The molecule has 1 amide bonds. The van der Waals surface area contributed by atoms with Crippen molar-refractivity contribution in [3.8, 4) is 0 Å². The topological polar surface area (TPSA) is 71.7 Å². The van der Waals surface area contributed by atoms with Crippen LogP contribution in [0.25, 0.3) is 0 Å². The predicted molar refractivity (Wildman–Crippen MR) is 128 cm³/mol. The molecule has 2 saturated carbocycles. The van der Waals surface area contributed by atoms with Gasteiger partial charge in [-0.15, -0.1) is 0 Å². The van der Waals surface area contributed by atoms with Gasteiger partial charge in [-0.2, -0.15) is 13.2 Å². The maximum Gasteiger partial charge on any atom is 0.392 e. The molecular weight excluding hydrogens is 457 g/mol. The second kappa shape index (κ2) is 10.4. The average Bonchev–Trinajstić information content (AvgIpc) is 3.55. The lowest BCUT2D eigenvalue weighted by molar-refractivity contribution is -0.201. The second-order valence-corrected chi connectivity index (χ2v) is 12.0. The largest absolute Gasteiger partial charge is 0.392 e. The van der Waals surface area contributed by atoms with Crippen molar-refractivity contribution in [3.05, 3.63) is 0 Å². The van der Waals surface area contributed by atoms with Gasteiger partial charge in [0.05, 0.1) is 18.8 Å². The standard InChI is InChI=1S/C25H43F3N6O/c1-15(8-23-32-30-14-33(23)2)16-4-3-5-19(9-16)34-13-21-20(24(34)35)10-18(11-22(21)25(26,27)28)31-17-6-7-29-12-17/h15-23,29-32H,3-14H2,1-2H3/t15-,16?,17+,18?,19?,20?,21?,22?,23?/m1/s1. The van der Waals surface area contributed by atoms with E-state index in [1.165, 1.54) is 0 Å². The molecule has 10 heteroatoms. The SMILES string of the molecule is C[C@H](CC1NNCN1C)C1CCCC(N2CC3C(CC(N[C@H]4CCNC4)CC3C(F)(F)F)C2=O)C1. The molecule has 0 aromatic heterocycles. The van der Waals surface area contributed by atoms with Gasteiger partial charge >= 0.3 is 6.18 Å². The van der Waals surface area contributed by atoms with Gasteiger partial charge in [-0.05, 0) is 69.9 Å². The van der Waals surface area contributed by atoms with Crippen molar-refractivity contribution < 1.29 is 18.0 Å². The number of hydrazine groups is 1. The van der Waals surface area contributed by atoms with Crippen molar-refractivity contribution in [3.63, 3.8) is 0 Å². The molecule has 5 rings (SSSR count). The summed E-state index contributed by atoms with van der Waals surface area (Å²) in [6, 6.07) is 0.0589. The average molecular weight is 501 g/mol. The molecular formula is C25H43F3N6O. The minimum absolute atomic E-state index is 0.0139. The van der Waals surface area contributed by atoms with Crippen LogP contribution in [0.3, 0.4) is 0 Å². The Kier molecular flexibility index (Phi) is 7.66. The first kappa shape index (κ1) is 25.7. The highest BCUT2D eigenvalue weighted by molar-refractivity contribution is 5.82. The van der Waals surface area contributed by atoms with E-state index in [1.54, 1.807) is 0 Å². The van der Waals surface area contributed by atoms with Gasteiger partial charge in [0.25, 0.3) is 0 Å². The molecule has 4 N–H and O–H groups in total. The number of carbonyl (C=O) groups is 1. The minimum atomic E-state index is -4.26. The van der Waals surface area contributed by atoms with Crippen LogP contribution < -0.4 is 21.5 Å². The summed E-state index contributed by atoms with van der Waals surface area (Å²) in [5.41, 5.74) is 6.51. The Bertz CT molecular complexity index is 747. The lowest BCUT2D eigenvalue weighted by Gasteiger charge is -2.39. The first-order chi connectivity index (χ1) is 16.7. The lowest BCUT2D eigenvalue weighted by Crippen LogP contribution is -2.50. The second-order valence-electron chi connectivity index (χ2n) is 12.0. The molecule has 5 fully saturated rings. The van der Waals surface area contributed by atoms with E-state index in [1.807, 2.05) is 4.90 Å². The van der Waals surface area contributed by atoms with E-state index in [-0.39, 0.29) is 37.0 Å². The van der Waals surface area contributed by atoms with Gasteiger partial charge in [-0.3, -0.25) is 9.69 Å². The number of nitrogens with zero attached hydrogens (tertiary/aromatic N) is 2. The van der Waals surface area contributed by atoms with Gasteiger partial charge in [0.2, 0.25) is 5.91 Å². The van der Waals surface area contributed by atoms with Crippen molar-refractivity contribution in [1.82, 2.24) is 31.3 Å². The monoisotopic (exact) mass is 500 g/mol. The lowest BCUT2D eigenvalue weighted by atomic mass is 9.71. The maximum absolute atomic E-state index is 14.2. The van der Waals surface area contributed by atoms with Crippen LogP contribution in [0.15, 0.2) is 0 Å². The van der Waals surface area contributed by atoms with Crippen molar-refractivity contribution in [2.75, 3.05) is 33.4 Å². The normalized spacial score (nSPS) is 42.0. The highest BCUT2D eigenvalue weighted by Gasteiger charge is 2.57. The van der Waals surface area contributed by atoms with Gasteiger partial charge in [0.15, 0.2) is 0 Å². The molecule has 0 radical (unpaired) electrons. The van der Waals surface area contributed by atoms with E-state index in [9.17, 15) is 18.0 Å². The zero-order chi connectivity index (χ0) is 24.7. The molecule has 0 aromatic rings. The Morgan fingerprint density at radius 2 is 1.97 bits per heavy atom. The van der Waals surface area contributed by atoms with Crippen LogP contribution in [0.2, 0.25) is 0 Å². The molecule has 200 valence electrons. The Hall–Kier alpha value is -0.940. The van der Waals surface area contributed by atoms with Gasteiger partial charge in [-0.1, -0.05) is 19.8 Å².